The maximum atomic E-state index is 11.5. The van der Waals surface area contributed by atoms with Crippen molar-refractivity contribution in [3.05, 3.63) is 35.9 Å². The number of carbonyl (C=O) groups excluding carboxylic acids is 1. The molecule has 1 aliphatic rings. The summed E-state index contributed by atoms with van der Waals surface area (Å²) in [6.07, 6.45) is 1.31. The van der Waals surface area contributed by atoms with Crippen LogP contribution in [-0.4, -0.2) is 23.8 Å². The van der Waals surface area contributed by atoms with E-state index in [1.807, 2.05) is 18.2 Å². The van der Waals surface area contributed by atoms with Crippen LogP contribution >= 0.6 is 0 Å². The molecule has 1 aromatic carbocycles. The molecule has 0 bridgehead atoms. The minimum absolute atomic E-state index is 0.189. The second kappa shape index (κ2) is 4.45. The van der Waals surface area contributed by atoms with Crippen LogP contribution in [0.4, 0.5) is 0 Å². The summed E-state index contributed by atoms with van der Waals surface area (Å²) in [6, 6.07) is 8.95. The second-order valence-corrected chi connectivity index (χ2v) is 3.96. The quantitative estimate of drug-likeness (QED) is 0.764. The summed E-state index contributed by atoms with van der Waals surface area (Å²) in [4.78, 5) is 11.5. The lowest BCUT2D eigenvalue weighted by Gasteiger charge is -2.30. The molecule has 0 spiro atoms. The maximum Gasteiger partial charge on any atom is 0.338 e. The van der Waals surface area contributed by atoms with E-state index in [9.17, 15) is 4.79 Å². The molecule has 0 atom stereocenters. The molecule has 80 valence electrons. The van der Waals surface area contributed by atoms with Crippen molar-refractivity contribution < 1.29 is 14.6 Å². The number of rotatable bonds is 3. The van der Waals surface area contributed by atoms with E-state index in [4.69, 9.17) is 9.84 Å². The normalized spacial score (nSPS) is 24.3. The van der Waals surface area contributed by atoms with Gasteiger partial charge in [0.05, 0.1) is 18.3 Å². The maximum absolute atomic E-state index is 11.5. The van der Waals surface area contributed by atoms with Crippen LogP contribution < -0.4 is 0 Å². The standard InChI is InChI=1S/C12H14O3/c13-11-6-9(7-11)8-15-12(14)10-4-2-1-3-5-10/h1-5,9,11,13H,6-8H2. The molecule has 0 aromatic heterocycles. The monoisotopic (exact) mass is 206 g/mol. The highest BCUT2D eigenvalue weighted by Crippen LogP contribution is 2.27. The van der Waals surface area contributed by atoms with E-state index in [1.54, 1.807) is 12.1 Å². The van der Waals surface area contributed by atoms with E-state index in [2.05, 4.69) is 0 Å². The summed E-state index contributed by atoms with van der Waals surface area (Å²) in [5, 5.41) is 9.06. The summed E-state index contributed by atoms with van der Waals surface area (Å²) in [6.45, 7) is 0.421. The first-order valence-electron chi connectivity index (χ1n) is 5.16. The molecule has 1 aliphatic carbocycles. The van der Waals surface area contributed by atoms with Crippen LogP contribution in [0.3, 0.4) is 0 Å². The zero-order chi connectivity index (χ0) is 10.7. The molecule has 3 heteroatoms. The first-order valence-corrected chi connectivity index (χ1v) is 5.16. The topological polar surface area (TPSA) is 46.5 Å². The summed E-state index contributed by atoms with van der Waals surface area (Å²) in [7, 11) is 0. The predicted molar refractivity (Wildman–Crippen MR) is 55.5 cm³/mol. The van der Waals surface area contributed by atoms with Gasteiger partial charge in [0.25, 0.3) is 0 Å². The molecule has 0 amide bonds. The SMILES string of the molecule is O=C(OCC1CC(O)C1)c1ccccc1. The molecule has 0 aliphatic heterocycles. The Morgan fingerprint density at radius 2 is 2.00 bits per heavy atom. The Morgan fingerprint density at radius 1 is 1.33 bits per heavy atom. The van der Waals surface area contributed by atoms with Crippen molar-refractivity contribution in [3.63, 3.8) is 0 Å². The van der Waals surface area contributed by atoms with Crippen molar-refractivity contribution in [2.24, 2.45) is 5.92 Å². The van der Waals surface area contributed by atoms with Crippen molar-refractivity contribution in [2.45, 2.75) is 18.9 Å². The molecule has 0 heterocycles. The fourth-order valence-electron chi connectivity index (χ4n) is 1.69. The first kappa shape index (κ1) is 10.2. The first-order chi connectivity index (χ1) is 7.25. The third-order valence-corrected chi connectivity index (χ3v) is 2.67. The molecule has 1 fully saturated rings. The van der Waals surface area contributed by atoms with Crippen molar-refractivity contribution in [3.8, 4) is 0 Å². The van der Waals surface area contributed by atoms with Gasteiger partial charge in [-0.2, -0.15) is 0 Å². The summed E-state index contributed by atoms with van der Waals surface area (Å²) in [5.41, 5.74) is 0.581. The Balaban J connectivity index is 1.78. The Labute approximate surface area is 88.7 Å². The largest absolute Gasteiger partial charge is 0.462 e. The van der Waals surface area contributed by atoms with E-state index in [1.165, 1.54) is 0 Å². The van der Waals surface area contributed by atoms with Gasteiger partial charge in [0.1, 0.15) is 0 Å². The van der Waals surface area contributed by atoms with Gasteiger partial charge in [-0.1, -0.05) is 18.2 Å². The fourth-order valence-corrected chi connectivity index (χ4v) is 1.69. The van der Waals surface area contributed by atoms with E-state index >= 15 is 0 Å². The minimum Gasteiger partial charge on any atom is -0.462 e. The molecule has 15 heavy (non-hydrogen) atoms. The van der Waals surface area contributed by atoms with Crippen LogP contribution in [0, 0.1) is 5.92 Å². The summed E-state index contributed by atoms with van der Waals surface area (Å²) >= 11 is 0. The van der Waals surface area contributed by atoms with Gasteiger partial charge < -0.3 is 9.84 Å². The predicted octanol–water partition coefficient (Wildman–Crippen LogP) is 1.61. The number of aliphatic hydroxyl groups is 1. The Kier molecular flexibility index (Phi) is 3.02. The number of hydrogen-bond donors (Lipinski definition) is 1. The molecule has 0 saturated heterocycles. The van der Waals surface area contributed by atoms with E-state index in [0.29, 0.717) is 18.1 Å². The Bertz CT molecular complexity index is 328. The third-order valence-electron chi connectivity index (χ3n) is 2.67. The average molecular weight is 206 g/mol. The van der Waals surface area contributed by atoms with Crippen LogP contribution in [0.1, 0.15) is 23.2 Å². The van der Waals surface area contributed by atoms with E-state index in [-0.39, 0.29) is 12.1 Å². The number of ether oxygens (including phenoxy) is 1. The van der Waals surface area contributed by atoms with Gasteiger partial charge in [-0.15, -0.1) is 0 Å². The average Bonchev–Trinajstić information content (AvgIpc) is 2.23. The highest BCUT2D eigenvalue weighted by molar-refractivity contribution is 5.89. The molecular formula is C12H14O3. The van der Waals surface area contributed by atoms with Gasteiger partial charge in [0, 0.05) is 0 Å². The number of hydrogen-bond acceptors (Lipinski definition) is 3. The van der Waals surface area contributed by atoms with Crippen LogP contribution in [0.5, 0.6) is 0 Å². The molecule has 1 saturated carbocycles. The highest BCUT2D eigenvalue weighted by atomic mass is 16.5. The zero-order valence-electron chi connectivity index (χ0n) is 8.43. The van der Waals surface area contributed by atoms with Crippen LogP contribution in [0.2, 0.25) is 0 Å². The van der Waals surface area contributed by atoms with Gasteiger partial charge in [-0.3, -0.25) is 0 Å². The van der Waals surface area contributed by atoms with Gasteiger partial charge in [-0.05, 0) is 30.9 Å². The Hall–Kier alpha value is -1.35. The number of aliphatic hydroxyl groups excluding tert-OH is 1. The van der Waals surface area contributed by atoms with Crippen molar-refractivity contribution in [1.29, 1.82) is 0 Å². The van der Waals surface area contributed by atoms with Crippen LogP contribution in [0.25, 0.3) is 0 Å². The fraction of sp³-hybridized carbons (Fsp3) is 0.417. The van der Waals surface area contributed by atoms with E-state index in [0.717, 1.165) is 12.8 Å². The lowest BCUT2D eigenvalue weighted by Crippen LogP contribution is -2.32. The van der Waals surface area contributed by atoms with Crippen molar-refractivity contribution in [2.75, 3.05) is 6.61 Å². The van der Waals surface area contributed by atoms with Crippen LogP contribution in [-0.2, 0) is 4.74 Å². The van der Waals surface area contributed by atoms with Crippen molar-refractivity contribution >= 4 is 5.97 Å². The van der Waals surface area contributed by atoms with Crippen molar-refractivity contribution in [1.82, 2.24) is 0 Å². The lowest BCUT2D eigenvalue weighted by atomic mass is 9.83. The molecule has 3 nitrogen and oxygen atoms in total. The van der Waals surface area contributed by atoms with Crippen LogP contribution in [0.15, 0.2) is 30.3 Å². The summed E-state index contributed by atoms with van der Waals surface area (Å²) < 4.78 is 5.13. The molecule has 1 N–H and O–H groups in total. The highest BCUT2D eigenvalue weighted by Gasteiger charge is 2.28. The lowest BCUT2D eigenvalue weighted by molar-refractivity contribution is -0.00391. The zero-order valence-corrected chi connectivity index (χ0v) is 8.43. The van der Waals surface area contributed by atoms with Gasteiger partial charge in [0.2, 0.25) is 0 Å². The second-order valence-electron chi connectivity index (χ2n) is 3.96. The van der Waals surface area contributed by atoms with E-state index < -0.39 is 0 Å². The minimum atomic E-state index is -0.281. The van der Waals surface area contributed by atoms with Gasteiger partial charge >= 0.3 is 5.97 Å². The number of carbonyl (C=O) groups is 1. The molecule has 0 unspecified atom stereocenters. The summed E-state index contributed by atoms with van der Waals surface area (Å²) in [5.74, 6) is 0.0599. The molecule has 2 rings (SSSR count). The molecule has 1 aromatic rings. The molecular weight excluding hydrogens is 192 g/mol. The Morgan fingerprint density at radius 3 is 2.60 bits per heavy atom. The van der Waals surface area contributed by atoms with Gasteiger partial charge in [-0.25, -0.2) is 4.79 Å². The number of esters is 1. The number of benzene rings is 1. The van der Waals surface area contributed by atoms with Gasteiger partial charge in [0.15, 0.2) is 0 Å². The third kappa shape index (κ3) is 2.57. The molecule has 0 radical (unpaired) electrons. The smallest absolute Gasteiger partial charge is 0.338 e.